The summed E-state index contributed by atoms with van der Waals surface area (Å²) in [5.41, 5.74) is 3.00. The molecular weight excluding hydrogens is 374 g/mol. The molecule has 0 bridgehead atoms. The number of para-hydroxylation sites is 1. The molecule has 30 heavy (non-hydrogen) atoms. The Hall–Kier alpha value is -2.63. The summed E-state index contributed by atoms with van der Waals surface area (Å²) in [6.07, 6.45) is 3.61. The smallest absolute Gasteiger partial charge is 0.230 e. The highest BCUT2D eigenvalue weighted by Crippen LogP contribution is 2.35. The van der Waals surface area contributed by atoms with Gasteiger partial charge in [0.05, 0.1) is 11.5 Å². The molecule has 0 aliphatic carbocycles. The van der Waals surface area contributed by atoms with Crippen LogP contribution in [-0.2, 0) is 22.0 Å². The van der Waals surface area contributed by atoms with Crippen LogP contribution in [0.25, 0.3) is 10.9 Å². The van der Waals surface area contributed by atoms with E-state index in [2.05, 4.69) is 78.5 Å². The lowest BCUT2D eigenvalue weighted by molar-refractivity contribution is -0.130. The predicted molar refractivity (Wildman–Crippen MR) is 121 cm³/mol. The van der Waals surface area contributed by atoms with Crippen LogP contribution in [0.3, 0.4) is 0 Å². The van der Waals surface area contributed by atoms with Crippen LogP contribution >= 0.6 is 0 Å². The number of benzene rings is 2. The van der Waals surface area contributed by atoms with Gasteiger partial charge in [-0.3, -0.25) is 4.79 Å². The number of hydrogen-bond acceptors (Lipinski definition) is 3. The molecule has 5 nitrogen and oxygen atoms in total. The van der Waals surface area contributed by atoms with Gasteiger partial charge in [0.1, 0.15) is 0 Å². The first kappa shape index (κ1) is 20.6. The summed E-state index contributed by atoms with van der Waals surface area (Å²) in [6.45, 7) is 1.79. The lowest BCUT2D eigenvalue weighted by Gasteiger charge is -2.37. The molecule has 4 rings (SSSR count). The standard InChI is InChI=1S/C25H31N3O2/c1-27(2)23(21-18-28(3)22-12-8-7-11-20(21)22)17-26-24(29)25(13-15-30-16-14-25)19-9-5-4-6-10-19/h4-12,18,23H,13-17H2,1-3H3,(H,26,29)/t23-/m1/s1. The predicted octanol–water partition coefficient (Wildman–Crippen LogP) is 3.65. The van der Waals surface area contributed by atoms with E-state index in [4.69, 9.17) is 4.74 Å². The molecule has 3 aromatic rings. The fourth-order valence-corrected chi connectivity index (χ4v) is 4.69. The Labute approximate surface area is 178 Å². The SMILES string of the molecule is CN(C)[C@H](CNC(=O)C1(c2ccccc2)CCOCC1)c1cn(C)c2ccccc12. The van der Waals surface area contributed by atoms with Crippen LogP contribution in [0.2, 0.25) is 0 Å². The van der Waals surface area contributed by atoms with Gasteiger partial charge < -0.3 is 19.5 Å². The van der Waals surface area contributed by atoms with Crippen molar-refractivity contribution in [1.82, 2.24) is 14.8 Å². The second-order valence-corrected chi connectivity index (χ2v) is 8.46. The second-order valence-electron chi connectivity index (χ2n) is 8.46. The zero-order valence-corrected chi connectivity index (χ0v) is 18.1. The van der Waals surface area contributed by atoms with Gasteiger partial charge in [-0.05, 0) is 44.1 Å². The Morgan fingerprint density at radius 2 is 1.77 bits per heavy atom. The van der Waals surface area contributed by atoms with E-state index in [0.717, 1.165) is 5.56 Å². The third-order valence-corrected chi connectivity index (χ3v) is 6.47. The van der Waals surface area contributed by atoms with Crippen molar-refractivity contribution in [3.8, 4) is 0 Å². The minimum atomic E-state index is -0.519. The number of amides is 1. The summed E-state index contributed by atoms with van der Waals surface area (Å²) >= 11 is 0. The molecule has 1 saturated heterocycles. The van der Waals surface area contributed by atoms with Crippen LogP contribution in [0.1, 0.15) is 30.0 Å². The number of hydrogen-bond donors (Lipinski definition) is 1. The molecule has 2 aromatic carbocycles. The molecule has 1 atom stereocenters. The quantitative estimate of drug-likeness (QED) is 0.681. The number of aryl methyl sites for hydroxylation is 1. The van der Waals surface area contributed by atoms with Crippen molar-refractivity contribution in [2.45, 2.75) is 24.3 Å². The first-order chi connectivity index (χ1) is 14.5. The van der Waals surface area contributed by atoms with E-state index < -0.39 is 5.41 Å². The van der Waals surface area contributed by atoms with Gasteiger partial charge in [0, 0.05) is 43.9 Å². The molecule has 158 valence electrons. The normalized spacial score (nSPS) is 17.2. The van der Waals surface area contributed by atoms with Crippen molar-refractivity contribution in [2.24, 2.45) is 7.05 Å². The van der Waals surface area contributed by atoms with Gasteiger partial charge in [0.15, 0.2) is 0 Å². The summed E-state index contributed by atoms with van der Waals surface area (Å²) in [5, 5.41) is 4.53. The highest BCUT2D eigenvalue weighted by atomic mass is 16.5. The number of fused-ring (bicyclic) bond motifs is 1. The summed E-state index contributed by atoms with van der Waals surface area (Å²) < 4.78 is 7.75. The fourth-order valence-electron chi connectivity index (χ4n) is 4.69. The summed E-state index contributed by atoms with van der Waals surface area (Å²) in [7, 11) is 6.21. The number of likely N-dealkylation sites (N-methyl/N-ethyl adjacent to an activating group) is 1. The molecule has 1 aliphatic heterocycles. The van der Waals surface area contributed by atoms with Gasteiger partial charge >= 0.3 is 0 Å². The van der Waals surface area contributed by atoms with Gasteiger partial charge in [0.2, 0.25) is 5.91 Å². The van der Waals surface area contributed by atoms with Gasteiger partial charge in [0.25, 0.3) is 0 Å². The maximum Gasteiger partial charge on any atom is 0.230 e. The fraction of sp³-hybridized carbons (Fsp3) is 0.400. The number of carbonyl (C=O) groups excluding carboxylic acids is 1. The van der Waals surface area contributed by atoms with E-state index in [1.165, 1.54) is 16.5 Å². The zero-order valence-electron chi connectivity index (χ0n) is 18.1. The summed E-state index contributed by atoms with van der Waals surface area (Å²) in [6, 6.07) is 18.7. The lowest BCUT2D eigenvalue weighted by Crippen LogP contribution is -2.49. The summed E-state index contributed by atoms with van der Waals surface area (Å²) in [5.74, 6) is 0.101. The van der Waals surface area contributed by atoms with E-state index in [1.807, 2.05) is 18.2 Å². The molecule has 0 unspecified atom stereocenters. The third kappa shape index (κ3) is 3.75. The Morgan fingerprint density at radius 3 is 2.47 bits per heavy atom. The first-order valence-electron chi connectivity index (χ1n) is 10.6. The number of nitrogens with one attached hydrogen (secondary N) is 1. The molecule has 0 spiro atoms. The van der Waals surface area contributed by atoms with Crippen molar-refractivity contribution < 1.29 is 9.53 Å². The molecule has 2 heterocycles. The van der Waals surface area contributed by atoms with Crippen LogP contribution < -0.4 is 5.32 Å². The number of aromatic nitrogens is 1. The van der Waals surface area contributed by atoms with Crippen LogP contribution in [0.5, 0.6) is 0 Å². The van der Waals surface area contributed by atoms with E-state index in [9.17, 15) is 4.79 Å². The van der Waals surface area contributed by atoms with E-state index in [0.29, 0.717) is 32.6 Å². The second kappa shape index (κ2) is 8.62. The monoisotopic (exact) mass is 405 g/mol. The van der Waals surface area contributed by atoms with E-state index >= 15 is 0 Å². The van der Waals surface area contributed by atoms with Gasteiger partial charge in [-0.15, -0.1) is 0 Å². The highest BCUT2D eigenvalue weighted by molar-refractivity contribution is 5.89. The van der Waals surface area contributed by atoms with Gasteiger partial charge in [-0.2, -0.15) is 0 Å². The van der Waals surface area contributed by atoms with Crippen molar-refractivity contribution in [3.05, 3.63) is 71.9 Å². The van der Waals surface area contributed by atoms with E-state index in [1.54, 1.807) is 0 Å². The first-order valence-corrected chi connectivity index (χ1v) is 10.6. The average molecular weight is 406 g/mol. The lowest BCUT2D eigenvalue weighted by atomic mass is 9.73. The number of nitrogens with zero attached hydrogens (tertiary/aromatic N) is 2. The van der Waals surface area contributed by atoms with Gasteiger partial charge in [-0.1, -0.05) is 48.5 Å². The molecule has 5 heteroatoms. The molecule has 1 N–H and O–H groups in total. The molecule has 1 amide bonds. The minimum Gasteiger partial charge on any atom is -0.381 e. The molecule has 1 aliphatic rings. The van der Waals surface area contributed by atoms with Crippen LogP contribution in [0, 0.1) is 0 Å². The molecule has 1 fully saturated rings. The Morgan fingerprint density at radius 1 is 1.10 bits per heavy atom. The number of carbonyl (C=O) groups is 1. The molecule has 1 aromatic heterocycles. The van der Waals surface area contributed by atoms with Crippen molar-refractivity contribution in [2.75, 3.05) is 33.9 Å². The highest BCUT2D eigenvalue weighted by Gasteiger charge is 2.41. The van der Waals surface area contributed by atoms with Crippen molar-refractivity contribution in [3.63, 3.8) is 0 Å². The molecule has 0 radical (unpaired) electrons. The molecular formula is C25H31N3O2. The van der Waals surface area contributed by atoms with E-state index in [-0.39, 0.29) is 11.9 Å². The largest absolute Gasteiger partial charge is 0.381 e. The maximum absolute atomic E-state index is 13.6. The maximum atomic E-state index is 13.6. The Bertz CT molecular complexity index is 1000. The minimum absolute atomic E-state index is 0.0905. The number of ether oxygens (including phenoxy) is 1. The summed E-state index contributed by atoms with van der Waals surface area (Å²) in [4.78, 5) is 15.7. The van der Waals surface area contributed by atoms with Crippen LogP contribution in [0.15, 0.2) is 60.8 Å². The third-order valence-electron chi connectivity index (χ3n) is 6.47. The van der Waals surface area contributed by atoms with Crippen molar-refractivity contribution in [1.29, 1.82) is 0 Å². The molecule has 0 saturated carbocycles. The average Bonchev–Trinajstić information content (AvgIpc) is 3.11. The van der Waals surface area contributed by atoms with Crippen molar-refractivity contribution >= 4 is 16.8 Å². The van der Waals surface area contributed by atoms with Crippen LogP contribution in [-0.4, -0.2) is 49.2 Å². The topological polar surface area (TPSA) is 46.5 Å². The zero-order chi connectivity index (χ0) is 21.1. The van der Waals surface area contributed by atoms with Gasteiger partial charge in [-0.25, -0.2) is 0 Å². The van der Waals surface area contributed by atoms with Crippen LogP contribution in [0.4, 0.5) is 0 Å². The Balaban J connectivity index is 1.60. The number of rotatable bonds is 6. The Kier molecular flexibility index (Phi) is 5.93.